The van der Waals surface area contributed by atoms with Crippen LogP contribution in [0.2, 0.25) is 0 Å². The number of hydrogen-bond acceptors (Lipinski definition) is 3. The zero-order chi connectivity index (χ0) is 13.1. The van der Waals surface area contributed by atoms with Crippen molar-refractivity contribution in [1.82, 2.24) is 20.1 Å². The van der Waals surface area contributed by atoms with Gasteiger partial charge in [0.15, 0.2) is 0 Å². The van der Waals surface area contributed by atoms with Crippen molar-refractivity contribution in [3.8, 4) is 0 Å². The van der Waals surface area contributed by atoms with E-state index in [1.807, 2.05) is 19.2 Å². The van der Waals surface area contributed by atoms with E-state index in [2.05, 4.69) is 38.3 Å². The number of H-pyrrole nitrogens is 1. The van der Waals surface area contributed by atoms with Gasteiger partial charge < -0.3 is 0 Å². The van der Waals surface area contributed by atoms with E-state index in [0.717, 1.165) is 24.5 Å². The smallest absolute Gasteiger partial charge is 0.0547 e. The van der Waals surface area contributed by atoms with E-state index in [1.165, 1.54) is 25.0 Å². The van der Waals surface area contributed by atoms with E-state index >= 15 is 0 Å². The fourth-order valence-electron chi connectivity index (χ4n) is 2.88. The Labute approximate surface area is 113 Å². The summed E-state index contributed by atoms with van der Waals surface area (Å²) in [5, 5.41) is 7.21. The highest BCUT2D eigenvalue weighted by molar-refractivity contribution is 5.12. The van der Waals surface area contributed by atoms with E-state index in [-0.39, 0.29) is 0 Å². The van der Waals surface area contributed by atoms with Crippen molar-refractivity contribution in [2.45, 2.75) is 38.8 Å². The summed E-state index contributed by atoms with van der Waals surface area (Å²) < 4.78 is 0. The van der Waals surface area contributed by atoms with Gasteiger partial charge in [-0.15, -0.1) is 0 Å². The number of aromatic nitrogens is 3. The first-order valence-electron chi connectivity index (χ1n) is 6.99. The molecule has 4 heteroatoms. The van der Waals surface area contributed by atoms with Crippen molar-refractivity contribution in [2.24, 2.45) is 0 Å². The molecule has 1 saturated heterocycles. The van der Waals surface area contributed by atoms with Crippen LogP contribution in [0.25, 0.3) is 0 Å². The molecule has 0 unspecified atom stereocenters. The number of rotatable bonds is 3. The zero-order valence-electron chi connectivity index (χ0n) is 11.3. The van der Waals surface area contributed by atoms with E-state index in [9.17, 15) is 0 Å². The topological polar surface area (TPSA) is 44.8 Å². The molecule has 1 fully saturated rings. The van der Waals surface area contributed by atoms with Gasteiger partial charge in [0.1, 0.15) is 0 Å². The normalized spacial score (nSPS) is 20.6. The molecule has 1 atom stereocenters. The largest absolute Gasteiger partial charge is 0.289 e. The first-order valence-corrected chi connectivity index (χ1v) is 6.99. The number of pyridine rings is 1. The molecular weight excluding hydrogens is 236 g/mol. The Bertz CT molecular complexity index is 521. The molecule has 3 rings (SSSR count). The highest BCUT2D eigenvalue weighted by atomic mass is 15.2. The fraction of sp³-hybridized carbons (Fsp3) is 0.467. The Morgan fingerprint density at radius 2 is 2.26 bits per heavy atom. The van der Waals surface area contributed by atoms with Gasteiger partial charge in [0.05, 0.1) is 17.4 Å². The van der Waals surface area contributed by atoms with Crippen LogP contribution >= 0.6 is 0 Å². The summed E-state index contributed by atoms with van der Waals surface area (Å²) in [7, 11) is 0. The third-order valence-corrected chi connectivity index (χ3v) is 3.81. The minimum absolute atomic E-state index is 0.457. The molecule has 0 aromatic carbocycles. The number of hydrogen-bond donors (Lipinski definition) is 1. The van der Waals surface area contributed by atoms with Crippen LogP contribution in [0.3, 0.4) is 0 Å². The van der Waals surface area contributed by atoms with Crippen molar-refractivity contribution < 1.29 is 0 Å². The Balaban J connectivity index is 1.77. The molecule has 0 aliphatic carbocycles. The molecule has 4 nitrogen and oxygen atoms in total. The third-order valence-electron chi connectivity index (χ3n) is 3.81. The second-order valence-corrected chi connectivity index (χ2v) is 5.26. The number of likely N-dealkylation sites (tertiary alicyclic amines) is 1. The molecule has 2 aromatic heterocycles. The highest BCUT2D eigenvalue weighted by Crippen LogP contribution is 2.30. The average Bonchev–Trinajstić information content (AvgIpc) is 2.93. The SMILES string of the molecule is Cc1cccc(CN2CCCC[C@H]2c2ccn[nH]2)n1. The van der Waals surface area contributed by atoms with Gasteiger partial charge in [-0.2, -0.15) is 5.10 Å². The van der Waals surface area contributed by atoms with Gasteiger partial charge in [0.2, 0.25) is 0 Å². The van der Waals surface area contributed by atoms with Crippen LogP contribution in [0.15, 0.2) is 30.5 Å². The molecule has 3 heterocycles. The van der Waals surface area contributed by atoms with Crippen molar-refractivity contribution in [3.63, 3.8) is 0 Å². The standard InChI is InChI=1S/C15H20N4/c1-12-5-4-6-13(17-12)11-19-10-3-2-7-15(19)14-8-9-16-18-14/h4-6,8-9,15H,2-3,7,10-11H2,1H3,(H,16,18)/t15-/m0/s1. The minimum atomic E-state index is 0.457. The van der Waals surface area contributed by atoms with Gasteiger partial charge in [-0.1, -0.05) is 12.5 Å². The molecule has 1 aliphatic heterocycles. The van der Waals surface area contributed by atoms with E-state index in [1.54, 1.807) is 0 Å². The maximum atomic E-state index is 4.62. The van der Waals surface area contributed by atoms with Crippen LogP contribution in [-0.2, 0) is 6.54 Å². The molecule has 0 spiro atoms. The first-order chi connectivity index (χ1) is 9.33. The Hall–Kier alpha value is -1.68. The number of nitrogens with one attached hydrogen (secondary N) is 1. The third kappa shape index (κ3) is 2.84. The molecular formula is C15H20N4. The second-order valence-electron chi connectivity index (χ2n) is 5.26. The predicted molar refractivity (Wildman–Crippen MR) is 74.6 cm³/mol. The number of piperidine rings is 1. The summed E-state index contributed by atoms with van der Waals surface area (Å²) in [5.41, 5.74) is 3.48. The van der Waals surface area contributed by atoms with Gasteiger partial charge in [0.25, 0.3) is 0 Å². The van der Waals surface area contributed by atoms with E-state index in [0.29, 0.717) is 6.04 Å². The molecule has 2 aromatic rings. The lowest BCUT2D eigenvalue weighted by molar-refractivity contribution is 0.135. The minimum Gasteiger partial charge on any atom is -0.289 e. The summed E-state index contributed by atoms with van der Waals surface area (Å²) >= 11 is 0. The quantitative estimate of drug-likeness (QED) is 0.918. The van der Waals surface area contributed by atoms with Crippen LogP contribution in [0.1, 0.15) is 42.4 Å². The molecule has 100 valence electrons. The van der Waals surface area contributed by atoms with Crippen molar-refractivity contribution in [2.75, 3.05) is 6.54 Å². The second kappa shape index (κ2) is 5.53. The van der Waals surface area contributed by atoms with Gasteiger partial charge in [-0.25, -0.2) is 0 Å². The summed E-state index contributed by atoms with van der Waals surface area (Å²) in [6.45, 7) is 4.11. The Morgan fingerprint density at radius 3 is 3.05 bits per heavy atom. The van der Waals surface area contributed by atoms with Crippen molar-refractivity contribution in [1.29, 1.82) is 0 Å². The Kier molecular flexibility index (Phi) is 3.60. The van der Waals surface area contributed by atoms with Crippen molar-refractivity contribution >= 4 is 0 Å². The molecule has 0 bridgehead atoms. The lowest BCUT2D eigenvalue weighted by atomic mass is 9.99. The van der Waals surface area contributed by atoms with Crippen molar-refractivity contribution in [3.05, 3.63) is 47.5 Å². The molecule has 0 amide bonds. The maximum absolute atomic E-state index is 4.62. The summed E-state index contributed by atoms with van der Waals surface area (Å²) in [6, 6.07) is 8.80. The van der Waals surface area contributed by atoms with Crippen LogP contribution in [0.4, 0.5) is 0 Å². The highest BCUT2D eigenvalue weighted by Gasteiger charge is 2.25. The van der Waals surface area contributed by atoms with Gasteiger partial charge in [-0.3, -0.25) is 15.0 Å². The maximum Gasteiger partial charge on any atom is 0.0547 e. The summed E-state index contributed by atoms with van der Waals surface area (Å²) in [6.07, 6.45) is 5.61. The van der Waals surface area contributed by atoms with E-state index < -0.39 is 0 Å². The number of aryl methyl sites for hydroxylation is 1. The molecule has 0 radical (unpaired) electrons. The fourth-order valence-corrected chi connectivity index (χ4v) is 2.88. The summed E-state index contributed by atoms with van der Waals surface area (Å²) in [5.74, 6) is 0. The number of nitrogens with zero attached hydrogens (tertiary/aromatic N) is 3. The van der Waals surface area contributed by atoms with Crippen LogP contribution in [-0.4, -0.2) is 26.6 Å². The molecule has 1 aliphatic rings. The molecule has 1 N–H and O–H groups in total. The summed E-state index contributed by atoms with van der Waals surface area (Å²) in [4.78, 5) is 7.13. The van der Waals surface area contributed by atoms with Crippen LogP contribution < -0.4 is 0 Å². The number of aromatic amines is 1. The predicted octanol–water partition coefficient (Wildman–Crippen LogP) is 2.84. The zero-order valence-corrected chi connectivity index (χ0v) is 11.3. The first kappa shape index (κ1) is 12.4. The van der Waals surface area contributed by atoms with Gasteiger partial charge in [-0.05, 0) is 44.5 Å². The lowest BCUT2D eigenvalue weighted by Crippen LogP contribution is -2.33. The monoisotopic (exact) mass is 256 g/mol. The van der Waals surface area contributed by atoms with Crippen LogP contribution in [0, 0.1) is 6.92 Å². The lowest BCUT2D eigenvalue weighted by Gasteiger charge is -2.34. The average molecular weight is 256 g/mol. The Morgan fingerprint density at radius 1 is 1.32 bits per heavy atom. The van der Waals surface area contributed by atoms with Gasteiger partial charge >= 0.3 is 0 Å². The van der Waals surface area contributed by atoms with Gasteiger partial charge in [0, 0.05) is 18.4 Å². The van der Waals surface area contributed by atoms with E-state index in [4.69, 9.17) is 0 Å². The van der Waals surface area contributed by atoms with Crippen LogP contribution in [0.5, 0.6) is 0 Å². The molecule has 0 saturated carbocycles. The molecule has 19 heavy (non-hydrogen) atoms.